The van der Waals surface area contributed by atoms with Crippen molar-refractivity contribution in [1.29, 1.82) is 0 Å². The van der Waals surface area contributed by atoms with E-state index in [2.05, 4.69) is 0 Å². The molecular formula is C10H13ClN2O4. The van der Waals surface area contributed by atoms with Gasteiger partial charge in [0.25, 0.3) is 5.69 Å². The zero-order valence-electron chi connectivity index (χ0n) is 8.91. The molecule has 1 atom stereocenters. The maximum absolute atomic E-state index is 10.7. The van der Waals surface area contributed by atoms with Gasteiger partial charge in [-0.3, -0.25) is 14.9 Å². The van der Waals surface area contributed by atoms with Gasteiger partial charge in [0.2, 0.25) is 0 Å². The predicted octanol–water partition coefficient (Wildman–Crippen LogP) is 1.36. The number of hydrogen-bond donors (Lipinski definition) is 2. The quantitative estimate of drug-likeness (QED) is 0.614. The van der Waals surface area contributed by atoms with E-state index in [4.69, 9.17) is 10.8 Å². The summed E-state index contributed by atoms with van der Waals surface area (Å²) in [7, 11) is 0. The van der Waals surface area contributed by atoms with Crippen molar-refractivity contribution in [3.63, 3.8) is 0 Å². The third-order valence-electron chi connectivity index (χ3n) is 2.23. The molecule has 1 aromatic rings. The zero-order chi connectivity index (χ0) is 12.1. The summed E-state index contributed by atoms with van der Waals surface area (Å²) in [4.78, 5) is 20.7. The Morgan fingerprint density at radius 3 is 2.59 bits per heavy atom. The van der Waals surface area contributed by atoms with Crippen molar-refractivity contribution in [2.75, 3.05) is 0 Å². The Morgan fingerprint density at radius 1 is 1.47 bits per heavy atom. The number of halogens is 1. The minimum absolute atomic E-state index is 0. The monoisotopic (exact) mass is 260 g/mol. The number of para-hydroxylation sites is 1. The molecule has 0 radical (unpaired) electrons. The molecule has 0 saturated carbocycles. The van der Waals surface area contributed by atoms with Crippen LogP contribution in [0.15, 0.2) is 24.3 Å². The number of benzene rings is 1. The van der Waals surface area contributed by atoms with Gasteiger partial charge in [0.1, 0.15) is 6.04 Å². The fourth-order valence-electron chi connectivity index (χ4n) is 1.33. The molecule has 0 saturated heterocycles. The van der Waals surface area contributed by atoms with Gasteiger partial charge in [0, 0.05) is 11.6 Å². The first-order valence-electron chi connectivity index (χ1n) is 4.73. The SMILES string of the molecule is Cl.NC(CCc1ccccc1[N+](=O)[O-])C(=O)O. The van der Waals surface area contributed by atoms with E-state index in [1.54, 1.807) is 18.2 Å². The first-order valence-corrected chi connectivity index (χ1v) is 4.73. The van der Waals surface area contributed by atoms with Crippen molar-refractivity contribution in [2.24, 2.45) is 5.73 Å². The molecule has 0 aliphatic rings. The number of carbonyl (C=O) groups is 1. The van der Waals surface area contributed by atoms with Gasteiger partial charge < -0.3 is 10.8 Å². The van der Waals surface area contributed by atoms with Crippen molar-refractivity contribution in [3.05, 3.63) is 39.9 Å². The molecule has 0 aromatic heterocycles. The average Bonchev–Trinajstić information content (AvgIpc) is 2.25. The lowest BCUT2D eigenvalue weighted by Crippen LogP contribution is -2.30. The molecule has 3 N–H and O–H groups in total. The Morgan fingerprint density at radius 2 is 2.06 bits per heavy atom. The standard InChI is InChI=1S/C10H12N2O4.ClH/c11-8(10(13)14)6-5-7-3-1-2-4-9(7)12(15)16;/h1-4,8H,5-6,11H2,(H,13,14);1H. The van der Waals surface area contributed by atoms with Crippen molar-refractivity contribution in [3.8, 4) is 0 Å². The van der Waals surface area contributed by atoms with E-state index in [0.29, 0.717) is 5.56 Å². The number of nitrogens with zero attached hydrogens (tertiary/aromatic N) is 1. The molecule has 7 heteroatoms. The summed E-state index contributed by atoms with van der Waals surface area (Å²) in [6, 6.07) is 5.25. The smallest absolute Gasteiger partial charge is 0.320 e. The van der Waals surface area contributed by atoms with E-state index in [1.165, 1.54) is 6.07 Å². The molecule has 0 aliphatic carbocycles. The Kier molecular flexibility index (Phi) is 6.16. The number of carboxylic acids is 1. The van der Waals surface area contributed by atoms with Gasteiger partial charge in [0.15, 0.2) is 0 Å². The second kappa shape index (κ2) is 6.82. The van der Waals surface area contributed by atoms with Crippen LogP contribution in [0, 0.1) is 10.1 Å². The molecule has 0 fully saturated rings. The van der Waals surface area contributed by atoms with Crippen LogP contribution >= 0.6 is 12.4 Å². The zero-order valence-corrected chi connectivity index (χ0v) is 9.72. The molecule has 17 heavy (non-hydrogen) atoms. The second-order valence-corrected chi connectivity index (χ2v) is 3.37. The Hall–Kier alpha value is -1.66. The summed E-state index contributed by atoms with van der Waals surface area (Å²) in [6.45, 7) is 0. The number of carboxylic acid groups (broad SMARTS) is 1. The van der Waals surface area contributed by atoms with E-state index in [9.17, 15) is 14.9 Å². The van der Waals surface area contributed by atoms with Gasteiger partial charge in [0.05, 0.1) is 4.92 Å². The molecule has 0 heterocycles. The molecule has 94 valence electrons. The highest BCUT2D eigenvalue weighted by Gasteiger charge is 2.16. The maximum atomic E-state index is 10.7. The van der Waals surface area contributed by atoms with Gasteiger partial charge in [-0.25, -0.2) is 0 Å². The average molecular weight is 261 g/mol. The Bertz CT molecular complexity index is 411. The van der Waals surface area contributed by atoms with E-state index < -0.39 is 16.9 Å². The van der Waals surface area contributed by atoms with Gasteiger partial charge in [-0.2, -0.15) is 0 Å². The second-order valence-electron chi connectivity index (χ2n) is 3.37. The Labute approximate surface area is 104 Å². The largest absolute Gasteiger partial charge is 0.480 e. The van der Waals surface area contributed by atoms with Gasteiger partial charge in [-0.15, -0.1) is 12.4 Å². The van der Waals surface area contributed by atoms with E-state index in [1.807, 2.05) is 0 Å². The van der Waals surface area contributed by atoms with Gasteiger partial charge >= 0.3 is 5.97 Å². The molecule has 0 aliphatic heterocycles. The summed E-state index contributed by atoms with van der Waals surface area (Å²) in [5.74, 6) is -1.10. The number of nitro benzene ring substituents is 1. The van der Waals surface area contributed by atoms with Crippen LogP contribution in [0.2, 0.25) is 0 Å². The van der Waals surface area contributed by atoms with Crippen molar-refractivity contribution >= 4 is 24.1 Å². The van der Waals surface area contributed by atoms with Crippen LogP contribution in [0.25, 0.3) is 0 Å². The highest BCUT2D eigenvalue weighted by atomic mass is 35.5. The number of hydrogen-bond acceptors (Lipinski definition) is 4. The summed E-state index contributed by atoms with van der Waals surface area (Å²) in [5, 5.41) is 19.2. The van der Waals surface area contributed by atoms with Crippen molar-refractivity contribution < 1.29 is 14.8 Å². The highest BCUT2D eigenvalue weighted by Crippen LogP contribution is 2.19. The summed E-state index contributed by atoms with van der Waals surface area (Å²) < 4.78 is 0. The molecular weight excluding hydrogens is 248 g/mol. The lowest BCUT2D eigenvalue weighted by Gasteiger charge is -2.06. The molecule has 1 aromatic carbocycles. The lowest BCUT2D eigenvalue weighted by atomic mass is 10.0. The van der Waals surface area contributed by atoms with E-state index in [-0.39, 0.29) is 30.9 Å². The first kappa shape index (κ1) is 15.3. The molecule has 0 bridgehead atoms. The fraction of sp³-hybridized carbons (Fsp3) is 0.300. The number of nitro groups is 1. The molecule has 6 nitrogen and oxygen atoms in total. The predicted molar refractivity (Wildman–Crippen MR) is 64.3 cm³/mol. The number of aryl methyl sites for hydroxylation is 1. The van der Waals surface area contributed by atoms with Gasteiger partial charge in [-0.1, -0.05) is 18.2 Å². The first-order chi connectivity index (χ1) is 7.52. The number of nitrogens with two attached hydrogens (primary N) is 1. The minimum atomic E-state index is -1.10. The van der Waals surface area contributed by atoms with E-state index in [0.717, 1.165) is 0 Å². The minimum Gasteiger partial charge on any atom is -0.480 e. The lowest BCUT2D eigenvalue weighted by molar-refractivity contribution is -0.385. The molecule has 0 spiro atoms. The van der Waals surface area contributed by atoms with Crippen molar-refractivity contribution in [1.82, 2.24) is 0 Å². The third-order valence-corrected chi connectivity index (χ3v) is 2.23. The number of rotatable bonds is 5. The highest BCUT2D eigenvalue weighted by molar-refractivity contribution is 5.85. The van der Waals surface area contributed by atoms with Crippen LogP contribution in [-0.2, 0) is 11.2 Å². The van der Waals surface area contributed by atoms with Crippen LogP contribution in [0.3, 0.4) is 0 Å². The van der Waals surface area contributed by atoms with E-state index >= 15 is 0 Å². The van der Waals surface area contributed by atoms with Crippen LogP contribution < -0.4 is 5.73 Å². The summed E-state index contributed by atoms with van der Waals surface area (Å²) >= 11 is 0. The fourth-order valence-corrected chi connectivity index (χ4v) is 1.33. The topological polar surface area (TPSA) is 106 Å². The normalized spacial score (nSPS) is 11.4. The molecule has 0 amide bonds. The summed E-state index contributed by atoms with van der Waals surface area (Å²) in [5.41, 5.74) is 5.83. The van der Waals surface area contributed by atoms with Crippen LogP contribution in [0.5, 0.6) is 0 Å². The molecule has 1 unspecified atom stereocenters. The number of aliphatic carboxylic acids is 1. The third kappa shape index (κ3) is 4.38. The van der Waals surface area contributed by atoms with Crippen LogP contribution in [-0.4, -0.2) is 22.0 Å². The van der Waals surface area contributed by atoms with Crippen molar-refractivity contribution in [2.45, 2.75) is 18.9 Å². The maximum Gasteiger partial charge on any atom is 0.320 e. The summed E-state index contributed by atoms with van der Waals surface area (Å²) in [6.07, 6.45) is 0.463. The van der Waals surface area contributed by atoms with Gasteiger partial charge in [-0.05, 0) is 12.8 Å². The Balaban J connectivity index is 0.00000256. The molecule has 1 rings (SSSR count). The van der Waals surface area contributed by atoms with Crippen LogP contribution in [0.1, 0.15) is 12.0 Å². The van der Waals surface area contributed by atoms with Crippen LogP contribution in [0.4, 0.5) is 5.69 Å².